The molecule has 0 bridgehead atoms. The number of halogens is 1. The van der Waals surface area contributed by atoms with Gasteiger partial charge in [0, 0.05) is 17.4 Å². The number of hydrogen-bond acceptors (Lipinski definition) is 3. The molecule has 19 heavy (non-hydrogen) atoms. The molecule has 0 atom stereocenters. The highest BCUT2D eigenvalue weighted by Gasteiger charge is 2.12. The molecule has 0 fully saturated rings. The number of nitrogens with two attached hydrogens (primary N) is 1. The molecule has 2 aromatic rings. The predicted molar refractivity (Wildman–Crippen MR) is 71.6 cm³/mol. The summed E-state index contributed by atoms with van der Waals surface area (Å²) in [4.78, 5) is 11.9. The van der Waals surface area contributed by atoms with Crippen LogP contribution >= 0.6 is 0 Å². The third-order valence-corrected chi connectivity index (χ3v) is 2.70. The van der Waals surface area contributed by atoms with E-state index in [-0.39, 0.29) is 11.3 Å². The van der Waals surface area contributed by atoms with Gasteiger partial charge in [-0.1, -0.05) is 6.07 Å². The van der Waals surface area contributed by atoms with Gasteiger partial charge in [0.1, 0.15) is 11.6 Å². The van der Waals surface area contributed by atoms with E-state index in [4.69, 9.17) is 5.73 Å². The van der Waals surface area contributed by atoms with E-state index in [0.717, 1.165) is 6.07 Å². The zero-order valence-electron chi connectivity index (χ0n) is 10.3. The summed E-state index contributed by atoms with van der Waals surface area (Å²) < 4.78 is 13.5. The zero-order valence-corrected chi connectivity index (χ0v) is 10.3. The lowest BCUT2D eigenvalue weighted by Crippen LogP contribution is -2.14. The number of amides is 1. The van der Waals surface area contributed by atoms with E-state index in [2.05, 4.69) is 5.32 Å². The van der Waals surface area contributed by atoms with E-state index < -0.39 is 11.7 Å². The molecule has 4 nitrogen and oxygen atoms in total. The van der Waals surface area contributed by atoms with Crippen molar-refractivity contribution in [3.8, 4) is 5.75 Å². The monoisotopic (exact) mass is 260 g/mol. The van der Waals surface area contributed by atoms with Gasteiger partial charge in [0.25, 0.3) is 5.91 Å². The standard InChI is InChI=1S/C14H13FN2O2/c1-8-2-4-10(7-13(8)18)17-14(19)11-6-9(16)3-5-12(11)15/h2-7,18H,16H2,1H3,(H,17,19). The second-order valence-corrected chi connectivity index (χ2v) is 4.19. The highest BCUT2D eigenvalue weighted by molar-refractivity contribution is 6.05. The lowest BCUT2D eigenvalue weighted by molar-refractivity contribution is 0.102. The number of aryl methyl sites for hydroxylation is 1. The van der Waals surface area contributed by atoms with Crippen LogP contribution in [0.4, 0.5) is 15.8 Å². The molecule has 2 aromatic carbocycles. The van der Waals surface area contributed by atoms with Gasteiger partial charge < -0.3 is 16.2 Å². The molecule has 2 rings (SSSR count). The average molecular weight is 260 g/mol. The van der Waals surface area contributed by atoms with Crippen LogP contribution in [0.5, 0.6) is 5.75 Å². The number of benzene rings is 2. The molecule has 4 N–H and O–H groups in total. The molecule has 0 radical (unpaired) electrons. The van der Waals surface area contributed by atoms with Gasteiger partial charge in [-0.3, -0.25) is 4.79 Å². The third-order valence-electron chi connectivity index (χ3n) is 2.70. The number of rotatable bonds is 2. The van der Waals surface area contributed by atoms with Crippen LogP contribution in [-0.4, -0.2) is 11.0 Å². The Morgan fingerprint density at radius 1 is 1.26 bits per heavy atom. The molecule has 0 aliphatic carbocycles. The van der Waals surface area contributed by atoms with Gasteiger partial charge in [-0.05, 0) is 36.8 Å². The predicted octanol–water partition coefficient (Wildman–Crippen LogP) is 2.67. The molecule has 5 heteroatoms. The molecule has 0 unspecified atom stereocenters. The smallest absolute Gasteiger partial charge is 0.258 e. The van der Waals surface area contributed by atoms with Gasteiger partial charge >= 0.3 is 0 Å². The number of nitrogens with one attached hydrogen (secondary N) is 1. The first-order chi connectivity index (χ1) is 8.97. The zero-order chi connectivity index (χ0) is 14.0. The Hall–Kier alpha value is -2.56. The summed E-state index contributed by atoms with van der Waals surface area (Å²) in [6.07, 6.45) is 0. The normalized spacial score (nSPS) is 10.2. The lowest BCUT2D eigenvalue weighted by Gasteiger charge is -2.08. The van der Waals surface area contributed by atoms with Crippen LogP contribution in [0.2, 0.25) is 0 Å². The molecule has 0 saturated carbocycles. The number of anilines is 2. The number of aromatic hydroxyl groups is 1. The minimum absolute atomic E-state index is 0.0610. The maximum atomic E-state index is 13.5. The Morgan fingerprint density at radius 3 is 2.68 bits per heavy atom. The molecule has 0 heterocycles. The first kappa shape index (κ1) is 12.9. The molecular formula is C14H13FN2O2. The van der Waals surface area contributed by atoms with Crippen molar-refractivity contribution >= 4 is 17.3 Å². The van der Waals surface area contributed by atoms with Crippen molar-refractivity contribution in [1.29, 1.82) is 0 Å². The van der Waals surface area contributed by atoms with Crippen LogP contribution in [0.15, 0.2) is 36.4 Å². The van der Waals surface area contributed by atoms with Gasteiger partial charge in [-0.25, -0.2) is 4.39 Å². The molecule has 0 aliphatic rings. The van der Waals surface area contributed by atoms with Gasteiger partial charge in [-0.2, -0.15) is 0 Å². The summed E-state index contributed by atoms with van der Waals surface area (Å²) in [5, 5.41) is 12.0. The van der Waals surface area contributed by atoms with Gasteiger partial charge in [0.15, 0.2) is 0 Å². The summed E-state index contributed by atoms with van der Waals surface area (Å²) in [6.45, 7) is 1.73. The van der Waals surface area contributed by atoms with Gasteiger partial charge in [0.2, 0.25) is 0 Å². The SMILES string of the molecule is Cc1ccc(NC(=O)c2cc(N)ccc2F)cc1O. The summed E-state index contributed by atoms with van der Waals surface area (Å²) in [5.41, 5.74) is 6.75. The van der Waals surface area contributed by atoms with Crippen molar-refractivity contribution in [3.63, 3.8) is 0 Å². The fourth-order valence-corrected chi connectivity index (χ4v) is 1.60. The van der Waals surface area contributed by atoms with Crippen LogP contribution in [0.1, 0.15) is 15.9 Å². The van der Waals surface area contributed by atoms with E-state index in [0.29, 0.717) is 16.9 Å². The summed E-state index contributed by atoms with van der Waals surface area (Å²) in [5.74, 6) is -1.21. The minimum Gasteiger partial charge on any atom is -0.508 e. The molecule has 0 aliphatic heterocycles. The van der Waals surface area contributed by atoms with Crippen molar-refractivity contribution in [2.45, 2.75) is 6.92 Å². The molecular weight excluding hydrogens is 247 g/mol. The van der Waals surface area contributed by atoms with Gasteiger partial charge in [-0.15, -0.1) is 0 Å². The minimum atomic E-state index is -0.650. The molecule has 0 spiro atoms. The Bertz CT molecular complexity index is 641. The van der Waals surface area contributed by atoms with E-state index in [1.807, 2.05) is 0 Å². The lowest BCUT2D eigenvalue weighted by atomic mass is 10.1. The number of carbonyl (C=O) groups excluding carboxylic acids is 1. The largest absolute Gasteiger partial charge is 0.508 e. The maximum absolute atomic E-state index is 13.5. The summed E-state index contributed by atoms with van der Waals surface area (Å²) >= 11 is 0. The molecule has 1 amide bonds. The van der Waals surface area contributed by atoms with Crippen LogP contribution in [-0.2, 0) is 0 Å². The fraction of sp³-hybridized carbons (Fsp3) is 0.0714. The van der Waals surface area contributed by atoms with Gasteiger partial charge in [0.05, 0.1) is 5.56 Å². The quantitative estimate of drug-likeness (QED) is 0.727. The maximum Gasteiger partial charge on any atom is 0.258 e. The highest BCUT2D eigenvalue weighted by atomic mass is 19.1. The van der Waals surface area contributed by atoms with Crippen LogP contribution in [0.3, 0.4) is 0 Å². The van der Waals surface area contributed by atoms with Crippen LogP contribution in [0.25, 0.3) is 0 Å². The summed E-state index contributed by atoms with van der Waals surface area (Å²) in [6, 6.07) is 8.45. The highest BCUT2D eigenvalue weighted by Crippen LogP contribution is 2.22. The van der Waals surface area contributed by atoms with E-state index in [1.165, 1.54) is 18.2 Å². The number of phenols is 1. The number of hydrogen-bond donors (Lipinski definition) is 3. The first-order valence-electron chi connectivity index (χ1n) is 5.63. The molecule has 0 saturated heterocycles. The second kappa shape index (κ2) is 4.97. The fourth-order valence-electron chi connectivity index (χ4n) is 1.60. The second-order valence-electron chi connectivity index (χ2n) is 4.19. The van der Waals surface area contributed by atoms with Crippen LogP contribution < -0.4 is 11.1 Å². The van der Waals surface area contributed by atoms with E-state index in [9.17, 15) is 14.3 Å². The van der Waals surface area contributed by atoms with Crippen molar-refractivity contribution < 1.29 is 14.3 Å². The Labute approximate surface area is 109 Å². The Morgan fingerprint density at radius 2 is 2.00 bits per heavy atom. The average Bonchev–Trinajstić information content (AvgIpc) is 2.36. The van der Waals surface area contributed by atoms with E-state index in [1.54, 1.807) is 19.1 Å². The molecule has 0 aromatic heterocycles. The number of nitrogen functional groups attached to an aromatic ring is 1. The third kappa shape index (κ3) is 2.82. The molecule has 98 valence electrons. The summed E-state index contributed by atoms with van der Waals surface area (Å²) in [7, 11) is 0. The first-order valence-corrected chi connectivity index (χ1v) is 5.63. The van der Waals surface area contributed by atoms with Crippen LogP contribution in [0, 0.1) is 12.7 Å². The topological polar surface area (TPSA) is 75.4 Å². The van der Waals surface area contributed by atoms with Crippen molar-refractivity contribution in [2.75, 3.05) is 11.1 Å². The van der Waals surface area contributed by atoms with Crippen molar-refractivity contribution in [2.24, 2.45) is 0 Å². The Balaban J connectivity index is 2.25. The van der Waals surface area contributed by atoms with Crippen molar-refractivity contribution in [3.05, 3.63) is 53.3 Å². The Kier molecular flexibility index (Phi) is 3.37. The van der Waals surface area contributed by atoms with Crippen molar-refractivity contribution in [1.82, 2.24) is 0 Å². The van der Waals surface area contributed by atoms with E-state index >= 15 is 0 Å². The number of carbonyl (C=O) groups is 1. The number of phenolic OH excluding ortho intramolecular Hbond substituents is 1.